The van der Waals surface area contributed by atoms with Gasteiger partial charge in [-0.25, -0.2) is 0 Å². The van der Waals surface area contributed by atoms with Crippen LogP contribution in [0.4, 0.5) is 22.7 Å². The Morgan fingerprint density at radius 2 is 0.676 bits per heavy atom. The Balaban J connectivity index is 0.816. The van der Waals surface area contributed by atoms with Crippen LogP contribution in [0.3, 0.4) is 0 Å². The number of anilines is 4. The molecule has 0 saturated carbocycles. The summed E-state index contributed by atoms with van der Waals surface area (Å²) in [5, 5.41) is 24.6. The van der Waals surface area contributed by atoms with Gasteiger partial charge in [0.1, 0.15) is 0 Å². The number of benzene rings is 8. The molecule has 0 spiro atoms. The average molecular weight is 976 g/mol. The van der Waals surface area contributed by atoms with Gasteiger partial charge in [0.2, 0.25) is 0 Å². The van der Waals surface area contributed by atoms with Gasteiger partial charge >= 0.3 is 0 Å². The summed E-state index contributed by atoms with van der Waals surface area (Å²) in [6.45, 7) is 3.44. The Bertz CT molecular complexity index is 3120. The van der Waals surface area contributed by atoms with Crippen LogP contribution in [0.2, 0.25) is 0 Å². The van der Waals surface area contributed by atoms with Crippen molar-refractivity contribution in [2.24, 2.45) is 15.3 Å². The van der Waals surface area contributed by atoms with Crippen LogP contribution in [0.5, 0.6) is 0 Å². The number of fused-ring (bicyclic) bond motifs is 6. The average Bonchev–Trinajstić information content (AvgIpc) is 3.95. The molecule has 0 aliphatic heterocycles. The first-order chi connectivity index (χ1) is 36.4. The van der Waals surface area contributed by atoms with Crippen LogP contribution < -0.4 is 19.9 Å². The lowest BCUT2D eigenvalue weighted by atomic mass is 10.1. The summed E-state index contributed by atoms with van der Waals surface area (Å²) < 4.78 is 17.3. The van der Waals surface area contributed by atoms with Crippen LogP contribution in [0.15, 0.2) is 216 Å². The molecule has 11 heteroatoms. The molecule has 0 amide bonds. The molecule has 10 aromatic rings. The minimum absolute atomic E-state index is 0.489. The molecule has 10 rings (SSSR count). The van der Waals surface area contributed by atoms with E-state index in [4.69, 9.17) is 24.8 Å². The number of hydrazone groups is 3. The van der Waals surface area contributed by atoms with Gasteiger partial charge in [0, 0.05) is 96.8 Å². The van der Waals surface area contributed by atoms with E-state index in [1.807, 2.05) is 140 Å². The molecule has 2 heterocycles. The zero-order chi connectivity index (χ0) is 50.6. The maximum atomic E-state index is 6.28. The predicted molar refractivity (Wildman–Crippen MR) is 312 cm³/mol. The third-order valence-electron chi connectivity index (χ3n) is 13.3. The van der Waals surface area contributed by atoms with E-state index >= 15 is 0 Å². The Labute approximate surface area is 433 Å². The number of aromatic nitrogens is 2. The molecule has 11 nitrogen and oxygen atoms in total. The molecule has 0 radical (unpaired) electrons. The van der Waals surface area contributed by atoms with Crippen molar-refractivity contribution in [2.75, 3.05) is 74.5 Å². The van der Waals surface area contributed by atoms with Gasteiger partial charge in [-0.1, -0.05) is 97.1 Å². The summed E-state index contributed by atoms with van der Waals surface area (Å²) in [7, 11) is 7.97. The molecule has 2 aromatic heterocycles. The molecule has 0 fully saturated rings. The van der Waals surface area contributed by atoms with Crippen molar-refractivity contribution in [1.29, 1.82) is 0 Å². The van der Waals surface area contributed by atoms with Gasteiger partial charge in [-0.05, 0) is 125 Å². The molecular formula is C63H61N9O2. The smallest absolute Gasteiger partial charge is 0.0701 e. The van der Waals surface area contributed by atoms with Crippen molar-refractivity contribution in [2.45, 2.75) is 13.1 Å². The molecule has 0 unspecified atom stereocenters. The third-order valence-corrected chi connectivity index (χ3v) is 13.3. The lowest BCUT2D eigenvalue weighted by Gasteiger charge is -2.13. The minimum atomic E-state index is 0.489. The van der Waals surface area contributed by atoms with E-state index in [-0.39, 0.29) is 0 Å². The quantitative estimate of drug-likeness (QED) is 0.0405. The normalized spacial score (nSPS) is 12.0. The number of nitrogens with zero attached hydrogens (tertiary/aromatic N) is 9. The number of ether oxygens (including phenoxy) is 2. The molecule has 74 heavy (non-hydrogen) atoms. The van der Waals surface area contributed by atoms with Gasteiger partial charge in [-0.15, -0.1) is 0 Å². The molecule has 0 N–H and O–H groups in total. The van der Waals surface area contributed by atoms with Crippen LogP contribution in [-0.2, 0) is 22.6 Å². The Morgan fingerprint density at radius 3 is 1.03 bits per heavy atom. The van der Waals surface area contributed by atoms with Crippen LogP contribution in [-0.4, -0.2) is 82.4 Å². The number of rotatable bonds is 21. The molecule has 0 aliphatic carbocycles. The van der Waals surface area contributed by atoms with E-state index in [0.29, 0.717) is 39.5 Å². The second kappa shape index (κ2) is 23.2. The minimum Gasteiger partial charge on any atom is -0.377 e. The van der Waals surface area contributed by atoms with Crippen LogP contribution in [0, 0.1) is 0 Å². The highest BCUT2D eigenvalue weighted by Crippen LogP contribution is 2.33. The van der Waals surface area contributed by atoms with Crippen LogP contribution in [0.25, 0.3) is 49.7 Å². The topological polar surface area (TPSA) is 78.4 Å². The van der Waals surface area contributed by atoms with Gasteiger partial charge in [0.15, 0.2) is 0 Å². The van der Waals surface area contributed by atoms with Crippen LogP contribution in [0.1, 0.15) is 22.3 Å². The maximum absolute atomic E-state index is 6.28. The fourth-order valence-electron chi connectivity index (χ4n) is 9.28. The second-order valence-electron chi connectivity index (χ2n) is 18.2. The Hall–Kier alpha value is -8.77. The standard InChI is InChI=1S/C63H61N9O2/c1-67(52-17-9-5-10-18-52)34-33-48-25-29-60-56(41-48)57-42-49(45-64-68(2)53-19-11-6-12-20-53)26-30-61(57)71(60)35-37-73-39-40-74-38-36-72-62-31-27-50(46-65-69(3)54-21-13-7-14-22-54)43-58(62)59-44-51(28-32-63(59)72)47-66-70(4)55-23-15-8-16-24-55/h5-34,41-47H,35-40H2,1-4H3. The van der Waals surface area contributed by atoms with Gasteiger partial charge in [-0.3, -0.25) is 15.0 Å². The number of para-hydroxylation sites is 4. The van der Waals surface area contributed by atoms with Crippen molar-refractivity contribution in [3.63, 3.8) is 0 Å². The van der Waals surface area contributed by atoms with Crippen molar-refractivity contribution >= 4 is 91.1 Å². The summed E-state index contributed by atoms with van der Waals surface area (Å²) in [5.41, 5.74) is 13.0. The monoisotopic (exact) mass is 975 g/mol. The molecule has 0 saturated heterocycles. The van der Waals surface area contributed by atoms with E-state index in [9.17, 15) is 0 Å². The first-order valence-corrected chi connectivity index (χ1v) is 25.1. The number of hydrogen-bond donors (Lipinski definition) is 0. The predicted octanol–water partition coefficient (Wildman–Crippen LogP) is 13.2. The van der Waals surface area contributed by atoms with Crippen molar-refractivity contribution in [3.8, 4) is 0 Å². The van der Waals surface area contributed by atoms with Crippen molar-refractivity contribution < 1.29 is 9.47 Å². The van der Waals surface area contributed by atoms with E-state index in [1.165, 1.54) is 10.8 Å². The second-order valence-corrected chi connectivity index (χ2v) is 18.2. The number of hydrogen-bond acceptors (Lipinski definition) is 9. The zero-order valence-corrected chi connectivity index (χ0v) is 42.4. The molecule has 0 aliphatic rings. The lowest BCUT2D eigenvalue weighted by molar-refractivity contribution is 0.0431. The maximum Gasteiger partial charge on any atom is 0.0701 e. The van der Waals surface area contributed by atoms with E-state index < -0.39 is 0 Å². The van der Waals surface area contributed by atoms with Gasteiger partial charge in [0.05, 0.1) is 62.1 Å². The third kappa shape index (κ3) is 11.5. The molecule has 0 atom stereocenters. The molecule has 370 valence electrons. The van der Waals surface area contributed by atoms with Gasteiger partial charge in [-0.2, -0.15) is 15.3 Å². The van der Waals surface area contributed by atoms with Crippen molar-refractivity contribution in [1.82, 2.24) is 9.13 Å². The van der Waals surface area contributed by atoms with E-state index in [1.54, 1.807) is 0 Å². The Morgan fingerprint density at radius 1 is 0.365 bits per heavy atom. The van der Waals surface area contributed by atoms with Crippen LogP contribution >= 0.6 is 0 Å². The highest BCUT2D eigenvalue weighted by Gasteiger charge is 2.15. The highest BCUT2D eigenvalue weighted by molar-refractivity contribution is 6.12. The SMILES string of the molecule is CN(C=Cc1ccc2c(c1)c1cc(C=NN(C)c3ccccc3)ccc1n2CCOCCOCCn1c2ccc(C=NN(C)c3ccccc3)cc2c2cc(C=NN(C)c3ccccc3)ccc21)c1ccccc1. The van der Waals surface area contributed by atoms with Gasteiger partial charge < -0.3 is 23.5 Å². The molecule has 8 aromatic carbocycles. The summed E-state index contributed by atoms with van der Waals surface area (Å²) in [4.78, 5) is 2.13. The van der Waals surface area contributed by atoms with Gasteiger partial charge in [0.25, 0.3) is 0 Å². The molecule has 0 bridgehead atoms. The first-order valence-electron chi connectivity index (χ1n) is 25.1. The van der Waals surface area contributed by atoms with E-state index in [2.05, 4.69) is 143 Å². The lowest BCUT2D eigenvalue weighted by Crippen LogP contribution is -2.12. The Kier molecular flexibility index (Phi) is 15.3. The first kappa shape index (κ1) is 48.8. The summed E-state index contributed by atoms with van der Waals surface area (Å²) in [6, 6.07) is 67.2. The zero-order valence-electron chi connectivity index (χ0n) is 42.4. The highest BCUT2D eigenvalue weighted by atomic mass is 16.5. The molecular weight excluding hydrogens is 915 g/mol. The summed E-state index contributed by atoms with van der Waals surface area (Å²) in [6.07, 6.45) is 10.0. The fourth-order valence-corrected chi connectivity index (χ4v) is 9.28. The van der Waals surface area contributed by atoms with Crippen molar-refractivity contribution in [3.05, 3.63) is 223 Å². The fraction of sp³-hybridized carbons (Fsp3) is 0.159. The summed E-state index contributed by atoms with van der Waals surface area (Å²) in [5.74, 6) is 0. The largest absolute Gasteiger partial charge is 0.377 e. The summed E-state index contributed by atoms with van der Waals surface area (Å²) >= 11 is 0. The van der Waals surface area contributed by atoms with E-state index in [0.717, 1.165) is 77.8 Å².